The van der Waals surface area contributed by atoms with Gasteiger partial charge in [-0.25, -0.2) is 8.78 Å². The molecule has 1 saturated heterocycles. The average molecular weight is 724 g/mol. The van der Waals surface area contributed by atoms with Crippen LogP contribution < -0.4 is 15.4 Å². The SMILES string of the molecule is COCCCc1ccc(Cl)c(CN(C(=O)C2=C(c3ccc(OCc4cc(-c5c(F)ccc(F)c5Cl)no4)cc3)C[C@H]3CNC[C@@H]2N3)C2CC2)c1. The van der Waals surface area contributed by atoms with Gasteiger partial charge >= 0.3 is 0 Å². The Labute approximate surface area is 299 Å². The number of nitrogens with one attached hydrogen (secondary N) is 2. The molecule has 8 nitrogen and oxygen atoms in total. The normalized spacial score (nSPS) is 18.7. The van der Waals surface area contributed by atoms with E-state index in [0.29, 0.717) is 42.6 Å². The number of amides is 1. The highest BCUT2D eigenvalue weighted by molar-refractivity contribution is 6.33. The lowest BCUT2D eigenvalue weighted by molar-refractivity contribution is -0.128. The van der Waals surface area contributed by atoms with E-state index < -0.39 is 11.6 Å². The summed E-state index contributed by atoms with van der Waals surface area (Å²) >= 11 is 12.7. The first-order chi connectivity index (χ1) is 24.3. The van der Waals surface area contributed by atoms with Gasteiger partial charge in [0.25, 0.3) is 5.91 Å². The molecule has 2 atom stereocenters. The van der Waals surface area contributed by atoms with E-state index in [4.69, 9.17) is 37.2 Å². The van der Waals surface area contributed by atoms with Gasteiger partial charge in [0.2, 0.25) is 0 Å². The Kier molecular flexibility index (Phi) is 10.5. The molecule has 2 N–H and O–H groups in total. The van der Waals surface area contributed by atoms with Crippen LogP contribution in [0.5, 0.6) is 5.75 Å². The second-order valence-corrected chi connectivity index (χ2v) is 13.9. The minimum absolute atomic E-state index is 0.0135. The van der Waals surface area contributed by atoms with Gasteiger partial charge in [-0.2, -0.15) is 0 Å². The fraction of sp³-hybridized carbons (Fsp3) is 0.368. The van der Waals surface area contributed by atoms with Crippen LogP contribution in [0.15, 0.2) is 70.8 Å². The maximum atomic E-state index is 14.6. The Morgan fingerprint density at radius 2 is 1.84 bits per heavy atom. The molecule has 0 unspecified atom stereocenters. The summed E-state index contributed by atoms with van der Waals surface area (Å²) in [5.41, 5.74) is 4.84. The maximum Gasteiger partial charge on any atom is 0.252 e. The summed E-state index contributed by atoms with van der Waals surface area (Å²) < 4.78 is 44.8. The number of nitrogens with zero attached hydrogens (tertiary/aromatic N) is 2. The molecule has 4 aromatic rings. The Morgan fingerprint density at radius 1 is 1.04 bits per heavy atom. The van der Waals surface area contributed by atoms with Crippen LogP contribution in [0.4, 0.5) is 8.78 Å². The molecule has 3 heterocycles. The molecule has 1 saturated carbocycles. The molecular formula is C38H38Cl2F2N4O4. The lowest BCUT2D eigenvalue weighted by Gasteiger charge is -2.41. The van der Waals surface area contributed by atoms with Crippen molar-refractivity contribution < 1.29 is 27.6 Å². The highest BCUT2D eigenvalue weighted by Crippen LogP contribution is 2.38. The second-order valence-electron chi connectivity index (χ2n) is 13.1. The number of aromatic nitrogens is 1. The van der Waals surface area contributed by atoms with Gasteiger partial charge in [-0.15, -0.1) is 0 Å². The lowest BCUT2D eigenvalue weighted by Crippen LogP contribution is -2.60. The van der Waals surface area contributed by atoms with Crippen LogP contribution in [0.3, 0.4) is 0 Å². The smallest absolute Gasteiger partial charge is 0.252 e. The van der Waals surface area contributed by atoms with Crippen molar-refractivity contribution in [2.24, 2.45) is 0 Å². The van der Waals surface area contributed by atoms with Crippen molar-refractivity contribution in [3.8, 4) is 17.0 Å². The molecule has 2 bridgehead atoms. The summed E-state index contributed by atoms with van der Waals surface area (Å²) in [7, 11) is 1.71. The zero-order valence-electron chi connectivity index (χ0n) is 27.6. The first-order valence-electron chi connectivity index (χ1n) is 16.9. The molecule has 7 rings (SSSR count). The maximum absolute atomic E-state index is 14.6. The van der Waals surface area contributed by atoms with Crippen LogP contribution in [-0.4, -0.2) is 60.9 Å². The lowest BCUT2D eigenvalue weighted by atomic mass is 9.83. The highest BCUT2D eigenvalue weighted by Gasteiger charge is 2.41. The van der Waals surface area contributed by atoms with Crippen molar-refractivity contribution in [2.75, 3.05) is 26.8 Å². The molecule has 12 heteroatoms. The number of halogens is 4. The van der Waals surface area contributed by atoms with E-state index in [-0.39, 0.29) is 46.9 Å². The van der Waals surface area contributed by atoms with Gasteiger partial charge in [0.1, 0.15) is 29.7 Å². The fourth-order valence-electron chi connectivity index (χ4n) is 6.82. The topological polar surface area (TPSA) is 88.9 Å². The molecule has 0 spiro atoms. The Balaban J connectivity index is 1.10. The third-order valence-electron chi connectivity index (χ3n) is 9.49. The summed E-state index contributed by atoms with van der Waals surface area (Å²) in [4.78, 5) is 16.6. The molecule has 2 aliphatic heterocycles. The van der Waals surface area contributed by atoms with E-state index >= 15 is 0 Å². The van der Waals surface area contributed by atoms with E-state index in [9.17, 15) is 13.6 Å². The van der Waals surface area contributed by atoms with Crippen molar-refractivity contribution in [2.45, 2.75) is 63.4 Å². The summed E-state index contributed by atoms with van der Waals surface area (Å²) in [6.07, 6.45) is 4.45. The van der Waals surface area contributed by atoms with Gasteiger partial charge in [-0.1, -0.05) is 52.6 Å². The fourth-order valence-corrected chi connectivity index (χ4v) is 7.25. The number of ether oxygens (including phenoxy) is 2. The number of benzene rings is 3. The number of rotatable bonds is 13. The molecule has 3 aromatic carbocycles. The summed E-state index contributed by atoms with van der Waals surface area (Å²) in [6.45, 7) is 2.65. The average Bonchev–Trinajstić information content (AvgIpc) is 3.86. The van der Waals surface area contributed by atoms with Gasteiger partial charge < -0.3 is 29.5 Å². The number of fused-ring (bicyclic) bond motifs is 2. The van der Waals surface area contributed by atoms with Crippen LogP contribution >= 0.6 is 23.2 Å². The number of aryl methyl sites for hydroxylation is 1. The molecule has 2 fully saturated rings. The largest absolute Gasteiger partial charge is 0.486 e. The quantitative estimate of drug-likeness (QED) is 0.110. The number of methoxy groups -OCH3 is 1. The van der Waals surface area contributed by atoms with Crippen molar-refractivity contribution in [1.82, 2.24) is 20.7 Å². The van der Waals surface area contributed by atoms with Gasteiger partial charge in [0.15, 0.2) is 5.76 Å². The number of piperazine rings is 1. The monoisotopic (exact) mass is 722 g/mol. The van der Waals surface area contributed by atoms with Crippen molar-refractivity contribution in [1.29, 1.82) is 0 Å². The van der Waals surface area contributed by atoms with E-state index in [1.54, 1.807) is 7.11 Å². The minimum atomic E-state index is -0.749. The van der Waals surface area contributed by atoms with Crippen molar-refractivity contribution >= 4 is 34.7 Å². The Morgan fingerprint density at radius 3 is 2.62 bits per heavy atom. The van der Waals surface area contributed by atoms with Crippen LogP contribution in [0.2, 0.25) is 10.0 Å². The highest BCUT2D eigenvalue weighted by atomic mass is 35.5. The Hall–Kier alpha value is -3.80. The molecular weight excluding hydrogens is 685 g/mol. The molecule has 50 heavy (non-hydrogen) atoms. The molecule has 1 aromatic heterocycles. The van der Waals surface area contributed by atoms with Gasteiger partial charge in [0, 0.05) is 62.1 Å². The molecule has 0 radical (unpaired) electrons. The van der Waals surface area contributed by atoms with E-state index in [1.165, 1.54) is 11.6 Å². The number of carbonyl (C=O) groups is 1. The van der Waals surface area contributed by atoms with Crippen LogP contribution in [0, 0.1) is 11.6 Å². The predicted octanol–water partition coefficient (Wildman–Crippen LogP) is 7.36. The zero-order valence-corrected chi connectivity index (χ0v) is 29.1. The van der Waals surface area contributed by atoms with Gasteiger partial charge in [0.05, 0.1) is 16.6 Å². The third kappa shape index (κ3) is 7.60. The van der Waals surface area contributed by atoms with Crippen LogP contribution in [0.1, 0.15) is 48.1 Å². The summed E-state index contributed by atoms with van der Waals surface area (Å²) in [5.74, 6) is -0.519. The predicted molar refractivity (Wildman–Crippen MR) is 188 cm³/mol. The standard InChI is InChI=1S/C38H38Cl2F2N4O4/c1-48-14-2-3-22-4-11-30(39)24(15-22)20-46(26-7-8-26)38(47)35-29(16-25-18-43-19-34(35)44-25)23-5-9-27(10-6-23)49-21-28-17-33(45-50-28)36-31(41)12-13-32(42)37(36)40/h4-6,9-13,15,17,25-26,34,43-44H,2-3,7-8,14,16,18-21H2,1H3/t25-,34-/m0/s1. The summed E-state index contributed by atoms with van der Waals surface area (Å²) in [6, 6.07) is 17.5. The first-order valence-corrected chi connectivity index (χ1v) is 17.6. The van der Waals surface area contributed by atoms with E-state index in [1.807, 2.05) is 41.3 Å². The number of carbonyl (C=O) groups excluding carboxylic acids is 1. The van der Waals surface area contributed by atoms with Gasteiger partial charge in [-0.05, 0) is 84.7 Å². The van der Waals surface area contributed by atoms with Crippen LogP contribution in [-0.2, 0) is 29.1 Å². The van der Waals surface area contributed by atoms with Crippen molar-refractivity contribution in [3.63, 3.8) is 0 Å². The van der Waals surface area contributed by atoms with E-state index in [2.05, 4.69) is 21.9 Å². The zero-order chi connectivity index (χ0) is 34.8. The second kappa shape index (κ2) is 15.2. The molecule has 3 aliphatic rings. The molecule has 262 valence electrons. The number of hydrogen-bond donors (Lipinski definition) is 2. The summed E-state index contributed by atoms with van der Waals surface area (Å²) in [5, 5.41) is 11.3. The van der Waals surface area contributed by atoms with Crippen LogP contribution in [0.25, 0.3) is 16.8 Å². The van der Waals surface area contributed by atoms with Gasteiger partial charge in [-0.3, -0.25) is 4.79 Å². The Bertz CT molecular complexity index is 1900. The molecule has 1 aliphatic carbocycles. The minimum Gasteiger partial charge on any atom is -0.486 e. The third-order valence-corrected chi connectivity index (χ3v) is 10.2. The molecule has 1 amide bonds. The van der Waals surface area contributed by atoms with Crippen molar-refractivity contribution in [3.05, 3.63) is 110 Å². The van der Waals surface area contributed by atoms with E-state index in [0.717, 1.165) is 66.6 Å². The first kappa shape index (κ1) is 34.6. The number of hydrogen-bond acceptors (Lipinski definition) is 7.